The summed E-state index contributed by atoms with van der Waals surface area (Å²) in [6.07, 6.45) is 0.289. The summed E-state index contributed by atoms with van der Waals surface area (Å²) < 4.78 is 6.81. The molecule has 2 N–H and O–H groups in total. The van der Waals surface area contributed by atoms with E-state index in [1.165, 1.54) is 0 Å². The maximum Gasteiger partial charge on any atom is 0.331 e. The van der Waals surface area contributed by atoms with Crippen LogP contribution in [-0.4, -0.2) is 40.3 Å². The fourth-order valence-corrected chi connectivity index (χ4v) is 2.01. The molecule has 1 atom stereocenters. The van der Waals surface area contributed by atoms with Gasteiger partial charge in [-0.15, -0.1) is 0 Å². The SMILES string of the molecule is Cc1ccc(C(=O)NC2(C(=O)O)CCOC2)n1C. The van der Waals surface area contributed by atoms with Gasteiger partial charge in [0.25, 0.3) is 5.91 Å². The molecule has 2 rings (SSSR count). The molecule has 98 valence electrons. The van der Waals surface area contributed by atoms with Crippen molar-refractivity contribution in [3.8, 4) is 0 Å². The van der Waals surface area contributed by atoms with Gasteiger partial charge in [-0.1, -0.05) is 0 Å². The highest BCUT2D eigenvalue weighted by molar-refractivity contribution is 5.97. The van der Waals surface area contributed by atoms with Gasteiger partial charge in [0.15, 0.2) is 5.54 Å². The number of rotatable bonds is 3. The second-order valence-electron chi connectivity index (χ2n) is 4.56. The van der Waals surface area contributed by atoms with E-state index in [2.05, 4.69) is 5.32 Å². The molecule has 1 fully saturated rings. The van der Waals surface area contributed by atoms with Gasteiger partial charge in [0.05, 0.1) is 6.61 Å². The molecule has 6 nitrogen and oxygen atoms in total. The van der Waals surface area contributed by atoms with E-state index in [9.17, 15) is 14.7 Å². The monoisotopic (exact) mass is 252 g/mol. The van der Waals surface area contributed by atoms with Crippen molar-refractivity contribution in [1.29, 1.82) is 0 Å². The van der Waals surface area contributed by atoms with Gasteiger partial charge in [-0.05, 0) is 19.1 Å². The van der Waals surface area contributed by atoms with Gasteiger partial charge in [0.2, 0.25) is 0 Å². The minimum absolute atomic E-state index is 0.0114. The van der Waals surface area contributed by atoms with E-state index >= 15 is 0 Å². The fraction of sp³-hybridized carbons (Fsp3) is 0.500. The Balaban J connectivity index is 2.20. The first-order chi connectivity index (χ1) is 8.46. The van der Waals surface area contributed by atoms with Gasteiger partial charge in [0, 0.05) is 25.8 Å². The number of nitrogens with one attached hydrogen (secondary N) is 1. The predicted molar refractivity (Wildman–Crippen MR) is 63.4 cm³/mol. The van der Waals surface area contributed by atoms with Crippen LogP contribution in [0.3, 0.4) is 0 Å². The van der Waals surface area contributed by atoms with Gasteiger partial charge in [0.1, 0.15) is 5.69 Å². The molecule has 1 aromatic rings. The molecule has 0 radical (unpaired) electrons. The molecule has 1 unspecified atom stereocenters. The summed E-state index contributed by atoms with van der Waals surface area (Å²) in [4.78, 5) is 23.4. The molecule has 2 heterocycles. The van der Waals surface area contributed by atoms with Crippen molar-refractivity contribution in [3.63, 3.8) is 0 Å². The first-order valence-electron chi connectivity index (χ1n) is 5.72. The smallest absolute Gasteiger partial charge is 0.331 e. The van der Waals surface area contributed by atoms with Gasteiger partial charge in [-0.3, -0.25) is 4.79 Å². The van der Waals surface area contributed by atoms with E-state index in [1.807, 2.05) is 13.0 Å². The zero-order valence-corrected chi connectivity index (χ0v) is 10.4. The number of carboxylic acids is 1. The maximum absolute atomic E-state index is 12.1. The van der Waals surface area contributed by atoms with Crippen LogP contribution in [0.15, 0.2) is 12.1 Å². The van der Waals surface area contributed by atoms with Crippen LogP contribution in [0.4, 0.5) is 0 Å². The van der Waals surface area contributed by atoms with Crippen LogP contribution >= 0.6 is 0 Å². The molecule has 0 bridgehead atoms. The number of aromatic nitrogens is 1. The number of carbonyl (C=O) groups excluding carboxylic acids is 1. The molecule has 1 aliphatic heterocycles. The van der Waals surface area contributed by atoms with Crippen LogP contribution in [0.2, 0.25) is 0 Å². The molecule has 0 aliphatic carbocycles. The molecule has 1 aromatic heterocycles. The second kappa shape index (κ2) is 4.45. The summed E-state index contributed by atoms with van der Waals surface area (Å²) in [7, 11) is 1.77. The number of aryl methyl sites for hydroxylation is 1. The summed E-state index contributed by atoms with van der Waals surface area (Å²) in [6, 6.07) is 3.49. The Morgan fingerprint density at radius 2 is 2.22 bits per heavy atom. The number of hydrogen-bond acceptors (Lipinski definition) is 3. The molecule has 0 spiro atoms. The highest BCUT2D eigenvalue weighted by atomic mass is 16.5. The average Bonchev–Trinajstić information content (AvgIpc) is 2.89. The quantitative estimate of drug-likeness (QED) is 0.811. The van der Waals surface area contributed by atoms with Gasteiger partial charge in [-0.2, -0.15) is 0 Å². The van der Waals surface area contributed by atoms with E-state index < -0.39 is 17.4 Å². The largest absolute Gasteiger partial charge is 0.479 e. The van der Waals surface area contributed by atoms with Crippen molar-refractivity contribution in [2.75, 3.05) is 13.2 Å². The van der Waals surface area contributed by atoms with E-state index in [4.69, 9.17) is 4.74 Å². The summed E-state index contributed by atoms with van der Waals surface area (Å²) in [5.41, 5.74) is 0.0853. The highest BCUT2D eigenvalue weighted by Crippen LogP contribution is 2.20. The molecule has 1 aliphatic rings. The number of hydrogen-bond donors (Lipinski definition) is 2. The molecule has 18 heavy (non-hydrogen) atoms. The number of aliphatic carboxylic acids is 1. The van der Waals surface area contributed by atoms with Crippen molar-refractivity contribution in [2.45, 2.75) is 18.9 Å². The van der Waals surface area contributed by atoms with Crippen molar-refractivity contribution in [3.05, 3.63) is 23.5 Å². The Morgan fingerprint density at radius 1 is 1.50 bits per heavy atom. The zero-order chi connectivity index (χ0) is 13.3. The Morgan fingerprint density at radius 3 is 2.67 bits per heavy atom. The third-order valence-corrected chi connectivity index (χ3v) is 3.39. The predicted octanol–water partition coefficient (Wildman–Crippen LogP) is 0.307. The molecule has 6 heteroatoms. The topological polar surface area (TPSA) is 80.6 Å². The Bertz CT molecular complexity index is 486. The second-order valence-corrected chi connectivity index (χ2v) is 4.56. The third kappa shape index (κ3) is 1.99. The van der Waals surface area contributed by atoms with Crippen LogP contribution in [0, 0.1) is 6.92 Å². The summed E-state index contributed by atoms with van der Waals surface area (Å²) in [5.74, 6) is -1.45. The molecule has 0 aromatic carbocycles. The number of carbonyl (C=O) groups is 2. The van der Waals surface area contributed by atoms with Gasteiger partial charge >= 0.3 is 5.97 Å². The standard InChI is InChI=1S/C12H16N2O4/c1-8-3-4-9(14(8)2)10(15)13-12(11(16)17)5-6-18-7-12/h3-4H,5-7H2,1-2H3,(H,13,15)(H,16,17). The van der Waals surface area contributed by atoms with Crippen molar-refractivity contribution >= 4 is 11.9 Å². The van der Waals surface area contributed by atoms with Crippen molar-refractivity contribution in [1.82, 2.24) is 9.88 Å². The summed E-state index contributed by atoms with van der Waals surface area (Å²) >= 11 is 0. The summed E-state index contributed by atoms with van der Waals surface area (Å²) in [6.45, 7) is 2.23. The van der Waals surface area contributed by atoms with Crippen LogP contribution < -0.4 is 5.32 Å². The van der Waals surface area contributed by atoms with Crippen molar-refractivity contribution < 1.29 is 19.4 Å². The lowest BCUT2D eigenvalue weighted by molar-refractivity contribution is -0.144. The molecule has 1 saturated heterocycles. The van der Waals surface area contributed by atoms with Crippen LogP contribution in [0.5, 0.6) is 0 Å². The Hall–Kier alpha value is -1.82. The van der Waals surface area contributed by atoms with Crippen LogP contribution in [0.1, 0.15) is 22.6 Å². The van der Waals surface area contributed by atoms with Gasteiger partial charge < -0.3 is 19.7 Å². The number of carboxylic acid groups (broad SMARTS) is 1. The van der Waals surface area contributed by atoms with Crippen LogP contribution in [-0.2, 0) is 16.6 Å². The number of amides is 1. The molecular weight excluding hydrogens is 236 g/mol. The number of ether oxygens (including phenoxy) is 1. The Labute approximate surface area is 105 Å². The minimum atomic E-state index is -1.30. The van der Waals surface area contributed by atoms with Gasteiger partial charge in [-0.25, -0.2) is 4.79 Å². The average molecular weight is 252 g/mol. The van der Waals surface area contributed by atoms with E-state index in [0.29, 0.717) is 12.3 Å². The van der Waals surface area contributed by atoms with E-state index in [-0.39, 0.29) is 13.0 Å². The first kappa shape index (κ1) is 12.6. The van der Waals surface area contributed by atoms with Crippen LogP contribution in [0.25, 0.3) is 0 Å². The fourth-order valence-electron chi connectivity index (χ4n) is 2.01. The lowest BCUT2D eigenvalue weighted by atomic mass is 9.99. The normalized spacial score (nSPS) is 23.0. The number of nitrogens with zero attached hydrogens (tertiary/aromatic N) is 1. The summed E-state index contributed by atoms with van der Waals surface area (Å²) in [5, 5.41) is 11.8. The maximum atomic E-state index is 12.1. The Kier molecular flexibility index (Phi) is 3.13. The molecule has 0 saturated carbocycles. The lowest BCUT2D eigenvalue weighted by Gasteiger charge is -2.23. The van der Waals surface area contributed by atoms with E-state index in [0.717, 1.165) is 5.69 Å². The first-order valence-corrected chi connectivity index (χ1v) is 5.72. The highest BCUT2D eigenvalue weighted by Gasteiger charge is 2.44. The van der Waals surface area contributed by atoms with Crippen molar-refractivity contribution in [2.24, 2.45) is 7.05 Å². The molecular formula is C12H16N2O4. The third-order valence-electron chi connectivity index (χ3n) is 3.39. The minimum Gasteiger partial charge on any atom is -0.479 e. The molecule has 1 amide bonds. The van der Waals surface area contributed by atoms with E-state index in [1.54, 1.807) is 17.7 Å². The lowest BCUT2D eigenvalue weighted by Crippen LogP contribution is -2.55. The zero-order valence-electron chi connectivity index (χ0n) is 10.4.